The molecule has 1 aliphatic heterocycles. The van der Waals surface area contributed by atoms with E-state index in [0.717, 1.165) is 6.07 Å². The van der Waals surface area contributed by atoms with Gasteiger partial charge in [0.25, 0.3) is 0 Å². The second-order valence-electron chi connectivity index (χ2n) is 7.03. The Morgan fingerprint density at radius 3 is 2.76 bits per heavy atom. The van der Waals surface area contributed by atoms with E-state index in [2.05, 4.69) is 15.3 Å². The number of anilines is 2. The first-order valence-corrected chi connectivity index (χ1v) is 9.19. The number of halogens is 1. The van der Waals surface area contributed by atoms with Gasteiger partial charge in [0.05, 0.1) is 11.8 Å². The number of aryl methyl sites for hydroxylation is 2. The fourth-order valence-electron chi connectivity index (χ4n) is 3.57. The summed E-state index contributed by atoms with van der Waals surface area (Å²) in [5.41, 5.74) is 1.38. The lowest BCUT2D eigenvalue weighted by Crippen LogP contribution is -2.30. The van der Waals surface area contributed by atoms with Crippen LogP contribution in [0.4, 0.5) is 16.0 Å². The summed E-state index contributed by atoms with van der Waals surface area (Å²) in [6.45, 7) is 2.82. The quantitative estimate of drug-likeness (QED) is 0.690. The number of nitrogens with one attached hydrogen (secondary N) is 1. The molecule has 1 aliphatic rings. The highest BCUT2D eigenvalue weighted by Gasteiger charge is 2.23. The lowest BCUT2D eigenvalue weighted by atomic mass is 10.1. The Bertz CT molecular complexity index is 1160. The van der Waals surface area contributed by atoms with Gasteiger partial charge in [-0.15, -0.1) is 0 Å². The first-order valence-electron chi connectivity index (χ1n) is 9.19. The number of carboxylic acid groups (broad SMARTS) is 1. The Morgan fingerprint density at radius 2 is 2.07 bits per heavy atom. The largest absolute Gasteiger partial charge is 0.478 e. The maximum absolute atomic E-state index is 14.1. The van der Waals surface area contributed by atoms with Crippen LogP contribution in [0.2, 0.25) is 0 Å². The molecule has 4 rings (SSSR count). The van der Waals surface area contributed by atoms with Gasteiger partial charge in [-0.05, 0) is 37.5 Å². The summed E-state index contributed by atoms with van der Waals surface area (Å²) in [4.78, 5) is 32.6. The first kappa shape index (κ1) is 19.1. The number of fused-ring (bicyclic) bond motifs is 1. The van der Waals surface area contributed by atoms with Gasteiger partial charge in [0.1, 0.15) is 11.3 Å². The molecule has 9 nitrogen and oxygen atoms in total. The van der Waals surface area contributed by atoms with E-state index in [-0.39, 0.29) is 17.7 Å². The van der Waals surface area contributed by atoms with Gasteiger partial charge in [-0.3, -0.25) is 9.13 Å². The summed E-state index contributed by atoms with van der Waals surface area (Å²) >= 11 is 0. The van der Waals surface area contributed by atoms with Crippen LogP contribution in [0.15, 0.2) is 23.1 Å². The SMILES string of the molecule is Cc1cc(C(=O)O)c(F)cc1Nc1ncc2c(n1)n(C1CCOCC1)c(=O)n2C. The number of aromatic nitrogens is 4. The van der Waals surface area contributed by atoms with E-state index in [4.69, 9.17) is 9.84 Å². The summed E-state index contributed by atoms with van der Waals surface area (Å²) in [7, 11) is 1.67. The third kappa shape index (κ3) is 3.35. The summed E-state index contributed by atoms with van der Waals surface area (Å²) in [5, 5.41) is 12.0. The van der Waals surface area contributed by atoms with Crippen molar-refractivity contribution in [1.29, 1.82) is 0 Å². The van der Waals surface area contributed by atoms with Crippen molar-refractivity contribution in [2.24, 2.45) is 7.05 Å². The molecule has 0 unspecified atom stereocenters. The van der Waals surface area contributed by atoms with Crippen LogP contribution in [0.25, 0.3) is 11.2 Å². The molecule has 29 heavy (non-hydrogen) atoms. The lowest BCUT2D eigenvalue weighted by molar-refractivity contribution is 0.0689. The predicted octanol–water partition coefficient (Wildman–Crippen LogP) is 2.37. The molecular formula is C19H20FN5O4. The van der Waals surface area contributed by atoms with Crippen LogP contribution in [-0.2, 0) is 11.8 Å². The number of ether oxygens (including phenoxy) is 1. The van der Waals surface area contributed by atoms with Gasteiger partial charge in [0.2, 0.25) is 5.95 Å². The topological polar surface area (TPSA) is 111 Å². The summed E-state index contributed by atoms with van der Waals surface area (Å²) < 4.78 is 22.6. The molecule has 0 spiro atoms. The molecule has 2 N–H and O–H groups in total. The van der Waals surface area contributed by atoms with Gasteiger partial charge in [-0.1, -0.05) is 0 Å². The minimum atomic E-state index is -1.33. The second kappa shape index (κ2) is 7.28. The van der Waals surface area contributed by atoms with Crippen molar-refractivity contribution in [3.63, 3.8) is 0 Å². The lowest BCUT2D eigenvalue weighted by Gasteiger charge is -2.22. The third-order valence-electron chi connectivity index (χ3n) is 5.18. The van der Waals surface area contributed by atoms with Crippen LogP contribution in [0.1, 0.15) is 34.8 Å². The van der Waals surface area contributed by atoms with Crippen molar-refractivity contribution in [3.8, 4) is 0 Å². The smallest absolute Gasteiger partial charge is 0.338 e. The second-order valence-corrected chi connectivity index (χ2v) is 7.03. The molecule has 10 heteroatoms. The number of benzene rings is 1. The number of carboxylic acids is 1. The average Bonchev–Trinajstić information content (AvgIpc) is 2.95. The van der Waals surface area contributed by atoms with E-state index in [1.54, 1.807) is 24.7 Å². The number of imidazole rings is 1. The van der Waals surface area contributed by atoms with Gasteiger partial charge in [0.15, 0.2) is 5.65 Å². The molecule has 0 saturated carbocycles. The normalized spacial score (nSPS) is 15.0. The zero-order valence-corrected chi connectivity index (χ0v) is 16.0. The molecule has 0 bridgehead atoms. The molecule has 0 radical (unpaired) electrons. The molecule has 1 fully saturated rings. The number of nitrogens with zero attached hydrogens (tertiary/aromatic N) is 4. The zero-order chi connectivity index (χ0) is 20.7. The Labute approximate surface area is 164 Å². The highest BCUT2D eigenvalue weighted by atomic mass is 19.1. The van der Waals surface area contributed by atoms with Gasteiger partial charge < -0.3 is 15.2 Å². The van der Waals surface area contributed by atoms with Crippen molar-refractivity contribution >= 4 is 28.8 Å². The molecule has 152 valence electrons. The third-order valence-corrected chi connectivity index (χ3v) is 5.18. The number of rotatable bonds is 4. The molecular weight excluding hydrogens is 381 g/mol. The van der Waals surface area contributed by atoms with Gasteiger partial charge in [0, 0.05) is 32.0 Å². The van der Waals surface area contributed by atoms with Crippen LogP contribution >= 0.6 is 0 Å². The highest BCUT2D eigenvalue weighted by Crippen LogP contribution is 2.26. The average molecular weight is 401 g/mol. The Kier molecular flexibility index (Phi) is 4.79. The molecule has 0 atom stereocenters. The molecule has 2 aromatic heterocycles. The van der Waals surface area contributed by atoms with Crippen molar-refractivity contribution in [2.45, 2.75) is 25.8 Å². The van der Waals surface area contributed by atoms with Crippen LogP contribution in [0, 0.1) is 12.7 Å². The maximum atomic E-state index is 14.1. The van der Waals surface area contributed by atoms with E-state index in [1.165, 1.54) is 10.6 Å². The van der Waals surface area contributed by atoms with Crippen molar-refractivity contribution in [1.82, 2.24) is 19.1 Å². The number of carbonyl (C=O) groups is 1. The van der Waals surface area contributed by atoms with Crippen molar-refractivity contribution < 1.29 is 19.0 Å². The summed E-state index contributed by atoms with van der Waals surface area (Å²) in [6.07, 6.45) is 2.97. The van der Waals surface area contributed by atoms with E-state index in [0.29, 0.717) is 48.5 Å². The molecule has 0 aliphatic carbocycles. The predicted molar refractivity (Wildman–Crippen MR) is 103 cm³/mol. The van der Waals surface area contributed by atoms with Crippen molar-refractivity contribution in [2.75, 3.05) is 18.5 Å². The Hall–Kier alpha value is -3.27. The maximum Gasteiger partial charge on any atom is 0.338 e. The first-order chi connectivity index (χ1) is 13.9. The number of hydrogen-bond donors (Lipinski definition) is 2. The van der Waals surface area contributed by atoms with Crippen molar-refractivity contribution in [3.05, 3.63) is 45.8 Å². The van der Waals surface area contributed by atoms with Gasteiger partial charge >= 0.3 is 11.7 Å². The van der Waals surface area contributed by atoms with Gasteiger partial charge in [-0.25, -0.2) is 19.0 Å². The standard InChI is InChI=1S/C19H20FN5O4/c1-10-7-12(17(26)27)13(20)8-14(10)22-18-21-9-15-16(23-18)25(19(28)24(15)2)11-3-5-29-6-4-11/h7-9,11H,3-6H2,1-2H3,(H,26,27)(H,21,22,23). The van der Waals surface area contributed by atoms with Crippen LogP contribution < -0.4 is 11.0 Å². The molecule has 3 aromatic rings. The van der Waals surface area contributed by atoms with E-state index in [1.807, 2.05) is 0 Å². The van der Waals surface area contributed by atoms with E-state index >= 15 is 0 Å². The molecule has 0 amide bonds. The monoisotopic (exact) mass is 401 g/mol. The van der Waals surface area contributed by atoms with Crippen LogP contribution in [0.3, 0.4) is 0 Å². The van der Waals surface area contributed by atoms with E-state index in [9.17, 15) is 14.0 Å². The number of hydrogen-bond acceptors (Lipinski definition) is 6. The number of aromatic carboxylic acids is 1. The zero-order valence-electron chi connectivity index (χ0n) is 16.0. The fraction of sp³-hybridized carbons (Fsp3) is 0.368. The molecule has 1 aromatic carbocycles. The Balaban J connectivity index is 1.75. The Morgan fingerprint density at radius 1 is 1.34 bits per heavy atom. The van der Waals surface area contributed by atoms with Gasteiger partial charge in [-0.2, -0.15) is 4.98 Å². The molecule has 3 heterocycles. The fourth-order valence-corrected chi connectivity index (χ4v) is 3.57. The van der Waals surface area contributed by atoms with Crippen LogP contribution in [0.5, 0.6) is 0 Å². The van der Waals surface area contributed by atoms with Crippen LogP contribution in [-0.4, -0.2) is 43.4 Å². The summed E-state index contributed by atoms with van der Waals surface area (Å²) in [6, 6.07) is 2.33. The van der Waals surface area contributed by atoms with E-state index < -0.39 is 17.3 Å². The molecule has 1 saturated heterocycles. The summed E-state index contributed by atoms with van der Waals surface area (Å²) in [5.74, 6) is -2.00. The highest BCUT2D eigenvalue weighted by molar-refractivity contribution is 5.89. The minimum Gasteiger partial charge on any atom is -0.478 e. The minimum absolute atomic E-state index is 0.0169.